The van der Waals surface area contributed by atoms with Crippen LogP contribution in [0, 0.1) is 0 Å². The van der Waals surface area contributed by atoms with Gasteiger partial charge in [0.2, 0.25) is 0 Å². The van der Waals surface area contributed by atoms with Gasteiger partial charge in [-0.2, -0.15) is 11.8 Å². The van der Waals surface area contributed by atoms with Gasteiger partial charge in [0.05, 0.1) is 5.75 Å². The van der Waals surface area contributed by atoms with Gasteiger partial charge in [0.25, 0.3) is 0 Å². The zero-order valence-electron chi connectivity index (χ0n) is 12.5. The summed E-state index contributed by atoms with van der Waals surface area (Å²) in [6, 6.07) is 0. The van der Waals surface area contributed by atoms with Crippen molar-refractivity contribution in [3.63, 3.8) is 0 Å². The molecule has 111 valence electrons. The average molecular weight is 322 g/mol. The quantitative estimate of drug-likeness (QED) is 0.432. The number of carbonyl (C=O) groups is 1. The summed E-state index contributed by atoms with van der Waals surface area (Å²) >= 11 is 1.60. The summed E-state index contributed by atoms with van der Waals surface area (Å²) in [6.07, 6.45) is 2.25. The Balaban J connectivity index is 3.99. The van der Waals surface area contributed by atoms with E-state index in [1.165, 1.54) is 0 Å². The highest BCUT2D eigenvalue weighted by Gasteiger charge is 2.25. The Labute approximate surface area is 125 Å². The van der Waals surface area contributed by atoms with Gasteiger partial charge >= 0.3 is 24.1 Å². The third-order valence-corrected chi connectivity index (χ3v) is 6.49. The maximum Gasteiger partial charge on any atom is 0.411 e. The minimum atomic E-state index is -1.51. The van der Waals surface area contributed by atoms with Gasteiger partial charge in [-0.3, -0.25) is 4.79 Å². The number of hydrogen-bond acceptors (Lipinski definition) is 5. The van der Waals surface area contributed by atoms with Crippen LogP contribution in [0.4, 0.5) is 0 Å². The topological polar surface area (TPSA) is 44.8 Å². The van der Waals surface area contributed by atoms with Crippen LogP contribution in [0.5, 0.6) is 0 Å². The van der Waals surface area contributed by atoms with Gasteiger partial charge in [0, 0.05) is 12.2 Å². The van der Waals surface area contributed by atoms with Crippen LogP contribution >= 0.6 is 11.8 Å². The lowest BCUT2D eigenvalue weighted by Crippen LogP contribution is -2.38. The van der Waals surface area contributed by atoms with E-state index in [-0.39, 0.29) is 27.5 Å². The highest BCUT2D eigenvalue weighted by molar-refractivity contribution is 7.99. The Bertz CT molecular complexity index is 242. The standard InChI is InChI=1S/C12H25O4SSi2/c1-6-8-17-9-12(13)14-18-19(15-10(3)4)16-11(5)7-2/h10-11H,6-9H2,1-5H3. The summed E-state index contributed by atoms with van der Waals surface area (Å²) in [7, 11) is -1.51. The molecule has 0 heterocycles. The SMILES string of the molecule is CCCSCC(=O)O[Si][Si](OC(C)C)OC(C)CC. The van der Waals surface area contributed by atoms with Crippen molar-refractivity contribution >= 4 is 35.8 Å². The van der Waals surface area contributed by atoms with Crippen LogP contribution in [-0.2, 0) is 18.1 Å². The second kappa shape index (κ2) is 12.0. The van der Waals surface area contributed by atoms with Crippen molar-refractivity contribution in [1.29, 1.82) is 0 Å². The van der Waals surface area contributed by atoms with Crippen molar-refractivity contribution in [2.75, 3.05) is 11.5 Å². The molecule has 0 rings (SSSR count). The van der Waals surface area contributed by atoms with Crippen LogP contribution in [0.1, 0.15) is 47.5 Å². The molecule has 0 amide bonds. The molecule has 0 aromatic rings. The fourth-order valence-electron chi connectivity index (χ4n) is 0.984. The summed E-state index contributed by atoms with van der Waals surface area (Å²) in [5, 5.41) is 0. The van der Waals surface area contributed by atoms with Gasteiger partial charge in [0.1, 0.15) is 0 Å². The molecule has 3 radical (unpaired) electrons. The molecule has 19 heavy (non-hydrogen) atoms. The number of hydrogen-bond donors (Lipinski definition) is 0. The molecule has 0 spiro atoms. The Morgan fingerprint density at radius 1 is 1.26 bits per heavy atom. The summed E-state index contributed by atoms with van der Waals surface area (Å²) in [4.78, 5) is 11.5. The maximum atomic E-state index is 11.5. The molecule has 0 saturated carbocycles. The van der Waals surface area contributed by atoms with Crippen LogP contribution in [0.25, 0.3) is 0 Å². The van der Waals surface area contributed by atoms with Crippen molar-refractivity contribution < 1.29 is 18.1 Å². The third kappa shape index (κ3) is 11.7. The highest BCUT2D eigenvalue weighted by atomic mass is 32.2. The second-order valence-corrected chi connectivity index (χ2v) is 8.82. The number of rotatable bonds is 11. The molecule has 0 aliphatic heterocycles. The molecule has 0 aromatic heterocycles. The minimum Gasteiger partial charge on any atom is -0.513 e. The van der Waals surface area contributed by atoms with Crippen molar-refractivity contribution in [2.45, 2.75) is 59.7 Å². The fourth-order valence-corrected chi connectivity index (χ4v) is 5.32. The van der Waals surface area contributed by atoms with Gasteiger partial charge in [0.15, 0.2) is 0 Å². The Morgan fingerprint density at radius 2 is 1.95 bits per heavy atom. The van der Waals surface area contributed by atoms with E-state index in [4.69, 9.17) is 13.3 Å². The van der Waals surface area contributed by atoms with E-state index in [1.807, 2.05) is 20.8 Å². The van der Waals surface area contributed by atoms with Gasteiger partial charge in [-0.1, -0.05) is 13.8 Å². The first kappa shape index (κ1) is 19.2. The van der Waals surface area contributed by atoms with E-state index in [2.05, 4.69) is 13.8 Å². The lowest BCUT2D eigenvalue weighted by molar-refractivity contribution is -0.131. The van der Waals surface area contributed by atoms with E-state index in [0.717, 1.165) is 18.6 Å². The van der Waals surface area contributed by atoms with Crippen molar-refractivity contribution in [3.05, 3.63) is 0 Å². The van der Waals surface area contributed by atoms with Crippen molar-refractivity contribution in [1.82, 2.24) is 0 Å². The predicted octanol–water partition coefficient (Wildman–Crippen LogP) is 2.52. The smallest absolute Gasteiger partial charge is 0.411 e. The zero-order chi connectivity index (χ0) is 14.7. The Morgan fingerprint density at radius 3 is 2.47 bits per heavy atom. The van der Waals surface area contributed by atoms with Gasteiger partial charge in [-0.05, 0) is 39.4 Å². The maximum absolute atomic E-state index is 11.5. The lowest BCUT2D eigenvalue weighted by Gasteiger charge is -2.20. The largest absolute Gasteiger partial charge is 0.513 e. The van der Waals surface area contributed by atoms with E-state index in [9.17, 15) is 4.79 Å². The molecule has 0 aliphatic rings. The Kier molecular flexibility index (Phi) is 12.1. The first-order chi connectivity index (χ1) is 8.99. The lowest BCUT2D eigenvalue weighted by atomic mass is 10.3. The van der Waals surface area contributed by atoms with E-state index >= 15 is 0 Å². The Hall–Kier alpha value is 0.174. The van der Waals surface area contributed by atoms with E-state index in [1.54, 1.807) is 11.8 Å². The highest BCUT2D eigenvalue weighted by Crippen LogP contribution is 2.05. The van der Waals surface area contributed by atoms with Gasteiger partial charge in [-0.15, -0.1) is 0 Å². The molecule has 7 heteroatoms. The van der Waals surface area contributed by atoms with Crippen LogP contribution in [0.3, 0.4) is 0 Å². The molecule has 0 saturated heterocycles. The van der Waals surface area contributed by atoms with Crippen molar-refractivity contribution in [3.8, 4) is 0 Å². The zero-order valence-corrected chi connectivity index (χ0v) is 15.3. The molecule has 0 fully saturated rings. The molecular weight excluding hydrogens is 296 g/mol. The van der Waals surface area contributed by atoms with Crippen LogP contribution in [0.15, 0.2) is 0 Å². The van der Waals surface area contributed by atoms with E-state index in [0.29, 0.717) is 5.75 Å². The fraction of sp³-hybridized carbons (Fsp3) is 0.917. The minimum absolute atomic E-state index is 0.00128. The second-order valence-electron chi connectivity index (χ2n) is 4.42. The molecule has 1 unspecified atom stereocenters. The summed E-state index contributed by atoms with van der Waals surface area (Å²) in [6.45, 7) is 10.1. The molecular formula is C12H25O4SSi2. The summed E-state index contributed by atoms with van der Waals surface area (Å²) in [5.74, 6) is 1.24. The molecule has 0 aromatic carbocycles. The van der Waals surface area contributed by atoms with Crippen molar-refractivity contribution in [2.24, 2.45) is 0 Å². The third-order valence-electron chi connectivity index (χ3n) is 2.04. The molecule has 4 nitrogen and oxygen atoms in total. The van der Waals surface area contributed by atoms with Gasteiger partial charge in [-0.25, -0.2) is 0 Å². The van der Waals surface area contributed by atoms with E-state index < -0.39 is 8.80 Å². The molecule has 0 bridgehead atoms. The van der Waals surface area contributed by atoms with Gasteiger partial charge < -0.3 is 13.3 Å². The average Bonchev–Trinajstić information content (AvgIpc) is 2.35. The van der Waals surface area contributed by atoms with Crippen LogP contribution in [-0.4, -0.2) is 47.8 Å². The number of carbonyl (C=O) groups excluding carboxylic acids is 1. The molecule has 1 atom stereocenters. The molecule has 0 aliphatic carbocycles. The monoisotopic (exact) mass is 321 g/mol. The van der Waals surface area contributed by atoms with Crippen LogP contribution < -0.4 is 0 Å². The molecule has 0 N–H and O–H groups in total. The summed E-state index contributed by atoms with van der Waals surface area (Å²) < 4.78 is 16.8. The predicted molar refractivity (Wildman–Crippen MR) is 82.3 cm³/mol. The normalized spacial score (nSPS) is 13.0. The first-order valence-corrected chi connectivity index (χ1v) is 11.1. The summed E-state index contributed by atoms with van der Waals surface area (Å²) in [5.41, 5.74) is 0. The number of thioether (sulfide) groups is 1. The van der Waals surface area contributed by atoms with Crippen LogP contribution in [0.2, 0.25) is 0 Å². The first-order valence-electron chi connectivity index (χ1n) is 6.73.